The maximum absolute atomic E-state index is 11.8. The number of hydrazone groups is 1. The molecule has 2 rings (SSSR count). The van der Waals surface area contributed by atoms with Crippen molar-refractivity contribution in [2.24, 2.45) is 5.10 Å². The third kappa shape index (κ3) is 8.23. The molecule has 2 aromatic carbocycles. The lowest BCUT2D eigenvalue weighted by atomic mass is 10.2. The van der Waals surface area contributed by atoms with E-state index in [0.29, 0.717) is 42.5 Å². The molecule has 7 nitrogen and oxygen atoms in total. The summed E-state index contributed by atoms with van der Waals surface area (Å²) in [6, 6.07) is 14.6. The minimum Gasteiger partial charge on any atom is -0.488 e. The van der Waals surface area contributed by atoms with E-state index in [0.717, 1.165) is 5.56 Å². The maximum atomic E-state index is 11.8. The number of halogens is 1. The lowest BCUT2D eigenvalue weighted by Crippen LogP contribution is -2.38. The highest BCUT2D eigenvalue weighted by Gasteiger charge is 2.11. The zero-order valence-corrected chi connectivity index (χ0v) is 17.8. The van der Waals surface area contributed by atoms with Crippen molar-refractivity contribution < 1.29 is 19.1 Å². The molecule has 0 fully saturated rings. The Labute approximate surface area is 181 Å². The highest BCUT2D eigenvalue weighted by atomic mass is 35.5. The Balaban J connectivity index is 1.82. The number of hydrogen-bond donors (Lipinski definition) is 2. The van der Waals surface area contributed by atoms with E-state index in [2.05, 4.69) is 15.8 Å². The minimum absolute atomic E-state index is 0.134. The normalized spacial score (nSPS) is 10.9. The van der Waals surface area contributed by atoms with Gasteiger partial charge in [-0.3, -0.25) is 9.59 Å². The second kappa shape index (κ2) is 12.6. The Hall–Kier alpha value is -2.90. The fourth-order valence-corrected chi connectivity index (χ4v) is 2.56. The van der Waals surface area contributed by atoms with E-state index in [1.165, 1.54) is 6.21 Å². The van der Waals surface area contributed by atoms with Crippen LogP contribution in [0.3, 0.4) is 0 Å². The third-order valence-electron chi connectivity index (χ3n) is 3.89. The molecule has 0 aliphatic carbocycles. The van der Waals surface area contributed by atoms with E-state index in [1.54, 1.807) is 18.2 Å². The number of amides is 2. The van der Waals surface area contributed by atoms with Crippen LogP contribution in [0, 0.1) is 0 Å². The Morgan fingerprint density at radius 1 is 1.10 bits per heavy atom. The van der Waals surface area contributed by atoms with Crippen LogP contribution in [0.4, 0.5) is 0 Å². The lowest BCUT2D eigenvalue weighted by Gasteiger charge is -2.10. The van der Waals surface area contributed by atoms with Gasteiger partial charge in [0.25, 0.3) is 0 Å². The van der Waals surface area contributed by atoms with E-state index in [1.807, 2.05) is 44.2 Å². The van der Waals surface area contributed by atoms with Crippen LogP contribution >= 0.6 is 11.6 Å². The van der Waals surface area contributed by atoms with Gasteiger partial charge in [0.2, 0.25) is 0 Å². The molecule has 2 N–H and O–H groups in total. The standard InChI is InChI=1S/C22H26ClN3O4/c1-16(2)29-13-7-12-24-21(27)22(28)26-25-14-17-8-4-6-11-20(17)30-15-18-9-3-5-10-19(18)23/h3-6,8-11,14,16H,7,12-13,15H2,1-2H3,(H,24,27)(H,26,28)/b25-14-. The van der Waals surface area contributed by atoms with Crippen molar-refractivity contribution >= 4 is 29.6 Å². The van der Waals surface area contributed by atoms with Gasteiger partial charge in [-0.1, -0.05) is 41.9 Å². The predicted octanol–water partition coefficient (Wildman–Crippen LogP) is 3.30. The largest absolute Gasteiger partial charge is 0.488 e. The van der Waals surface area contributed by atoms with Crippen LogP contribution in [-0.4, -0.2) is 37.3 Å². The van der Waals surface area contributed by atoms with Crippen LogP contribution in [0.1, 0.15) is 31.4 Å². The smallest absolute Gasteiger partial charge is 0.329 e. The molecule has 160 valence electrons. The summed E-state index contributed by atoms with van der Waals surface area (Å²) in [6.07, 6.45) is 2.18. The second-order valence-electron chi connectivity index (χ2n) is 6.65. The molecule has 0 aromatic heterocycles. The Morgan fingerprint density at radius 3 is 2.60 bits per heavy atom. The molecule has 8 heteroatoms. The molecule has 0 heterocycles. The quantitative estimate of drug-likeness (QED) is 0.261. The molecule has 2 aromatic rings. The molecular weight excluding hydrogens is 406 g/mol. The summed E-state index contributed by atoms with van der Waals surface area (Å²) in [5.41, 5.74) is 3.72. The highest BCUT2D eigenvalue weighted by Crippen LogP contribution is 2.20. The Kier molecular flexibility index (Phi) is 9.83. The fraction of sp³-hybridized carbons (Fsp3) is 0.318. The maximum Gasteiger partial charge on any atom is 0.329 e. The van der Waals surface area contributed by atoms with Gasteiger partial charge in [-0.05, 0) is 38.5 Å². The van der Waals surface area contributed by atoms with E-state index < -0.39 is 11.8 Å². The first-order chi connectivity index (χ1) is 14.5. The van der Waals surface area contributed by atoms with E-state index in [9.17, 15) is 9.59 Å². The number of nitrogens with one attached hydrogen (secondary N) is 2. The van der Waals surface area contributed by atoms with Crippen LogP contribution in [0.5, 0.6) is 5.75 Å². The van der Waals surface area contributed by atoms with Crippen LogP contribution < -0.4 is 15.5 Å². The fourth-order valence-electron chi connectivity index (χ4n) is 2.37. The highest BCUT2D eigenvalue weighted by molar-refractivity contribution is 6.35. The van der Waals surface area contributed by atoms with Crippen molar-refractivity contribution in [1.82, 2.24) is 10.7 Å². The average Bonchev–Trinajstić information content (AvgIpc) is 2.73. The van der Waals surface area contributed by atoms with Gasteiger partial charge in [0.15, 0.2) is 0 Å². The van der Waals surface area contributed by atoms with Crippen molar-refractivity contribution in [3.05, 3.63) is 64.7 Å². The number of rotatable bonds is 10. The first-order valence-corrected chi connectivity index (χ1v) is 10.0. The van der Waals surface area contributed by atoms with Crippen molar-refractivity contribution in [2.75, 3.05) is 13.2 Å². The van der Waals surface area contributed by atoms with Gasteiger partial charge in [-0.2, -0.15) is 5.10 Å². The zero-order valence-electron chi connectivity index (χ0n) is 17.1. The summed E-state index contributed by atoms with van der Waals surface area (Å²) in [7, 11) is 0. The van der Waals surface area contributed by atoms with Gasteiger partial charge in [0, 0.05) is 29.3 Å². The van der Waals surface area contributed by atoms with Crippen LogP contribution in [-0.2, 0) is 20.9 Å². The number of nitrogens with zero attached hydrogens (tertiary/aromatic N) is 1. The van der Waals surface area contributed by atoms with Gasteiger partial charge in [-0.25, -0.2) is 5.43 Å². The summed E-state index contributed by atoms with van der Waals surface area (Å²) >= 11 is 6.15. The molecule has 0 aliphatic heterocycles. The summed E-state index contributed by atoms with van der Waals surface area (Å²) in [6.45, 7) is 5.03. The van der Waals surface area contributed by atoms with Crippen molar-refractivity contribution in [2.45, 2.75) is 33.0 Å². The van der Waals surface area contributed by atoms with Gasteiger partial charge in [0.1, 0.15) is 12.4 Å². The van der Waals surface area contributed by atoms with E-state index >= 15 is 0 Å². The number of ether oxygens (including phenoxy) is 2. The molecule has 0 atom stereocenters. The average molecular weight is 432 g/mol. The van der Waals surface area contributed by atoms with Crippen LogP contribution in [0.15, 0.2) is 53.6 Å². The van der Waals surface area contributed by atoms with Crippen LogP contribution in [0.25, 0.3) is 0 Å². The SMILES string of the molecule is CC(C)OCCCNC(=O)C(=O)N/N=C\c1ccccc1OCc1ccccc1Cl. The predicted molar refractivity (Wildman–Crippen MR) is 117 cm³/mol. The molecule has 0 radical (unpaired) electrons. The van der Waals surface area contributed by atoms with E-state index in [-0.39, 0.29) is 6.10 Å². The summed E-state index contributed by atoms with van der Waals surface area (Å²) in [4.78, 5) is 23.6. The van der Waals surface area contributed by atoms with Crippen molar-refractivity contribution in [3.8, 4) is 5.75 Å². The zero-order chi connectivity index (χ0) is 21.8. The molecule has 30 heavy (non-hydrogen) atoms. The third-order valence-corrected chi connectivity index (χ3v) is 4.26. The summed E-state index contributed by atoms with van der Waals surface area (Å²) < 4.78 is 11.2. The number of benzene rings is 2. The van der Waals surface area contributed by atoms with Gasteiger partial charge >= 0.3 is 11.8 Å². The Bertz CT molecular complexity index is 871. The van der Waals surface area contributed by atoms with Crippen LogP contribution in [0.2, 0.25) is 5.02 Å². The molecule has 0 saturated heterocycles. The molecule has 0 bridgehead atoms. The number of hydrogen-bond acceptors (Lipinski definition) is 5. The number of para-hydroxylation sites is 1. The Morgan fingerprint density at radius 2 is 1.83 bits per heavy atom. The monoisotopic (exact) mass is 431 g/mol. The first kappa shape index (κ1) is 23.4. The number of carbonyl (C=O) groups excluding carboxylic acids is 2. The van der Waals surface area contributed by atoms with Gasteiger partial charge < -0.3 is 14.8 Å². The first-order valence-electron chi connectivity index (χ1n) is 9.65. The summed E-state index contributed by atoms with van der Waals surface area (Å²) in [5.74, 6) is -1.02. The van der Waals surface area contributed by atoms with Crippen molar-refractivity contribution in [1.29, 1.82) is 0 Å². The minimum atomic E-state index is -0.842. The molecule has 0 unspecified atom stereocenters. The van der Waals surface area contributed by atoms with E-state index in [4.69, 9.17) is 21.1 Å². The summed E-state index contributed by atoms with van der Waals surface area (Å²) in [5, 5.41) is 6.99. The van der Waals surface area contributed by atoms with Gasteiger partial charge in [-0.15, -0.1) is 0 Å². The molecule has 0 spiro atoms. The molecule has 2 amide bonds. The lowest BCUT2D eigenvalue weighted by molar-refractivity contribution is -0.139. The molecule has 0 aliphatic rings. The molecular formula is C22H26ClN3O4. The number of carbonyl (C=O) groups is 2. The molecule has 0 saturated carbocycles. The van der Waals surface area contributed by atoms with Crippen molar-refractivity contribution in [3.63, 3.8) is 0 Å². The topological polar surface area (TPSA) is 89.0 Å². The second-order valence-corrected chi connectivity index (χ2v) is 7.05. The van der Waals surface area contributed by atoms with Gasteiger partial charge in [0.05, 0.1) is 12.3 Å².